The number of para-hydroxylation sites is 1. The number of nitrogens with one attached hydrogen (secondary N) is 1. The highest BCUT2D eigenvalue weighted by molar-refractivity contribution is 6.36. The molecule has 1 saturated heterocycles. The quantitative estimate of drug-likeness (QED) is 0.665. The van der Waals surface area contributed by atoms with Gasteiger partial charge in [-0.05, 0) is 49.2 Å². The normalized spacial score (nSPS) is 21.2. The molecule has 0 saturated carbocycles. The highest BCUT2D eigenvalue weighted by atomic mass is 35.5. The zero-order valence-electron chi connectivity index (χ0n) is 15.5. The van der Waals surface area contributed by atoms with Crippen molar-refractivity contribution in [2.75, 3.05) is 18.6 Å². The fraction of sp³-hybridized carbons (Fsp3) is 0.238. The molecule has 1 fully saturated rings. The summed E-state index contributed by atoms with van der Waals surface area (Å²) in [5.74, 6) is 0.457. The zero-order chi connectivity index (χ0) is 19.6. The molecule has 2 aliphatic rings. The van der Waals surface area contributed by atoms with Gasteiger partial charge in [0.25, 0.3) is 5.91 Å². The Morgan fingerprint density at radius 3 is 2.71 bits per heavy atom. The van der Waals surface area contributed by atoms with Crippen molar-refractivity contribution in [3.8, 4) is 5.75 Å². The fourth-order valence-electron chi connectivity index (χ4n) is 4.39. The number of imide groups is 1. The molecule has 3 aromatic rings. The molecule has 1 atom stereocenters. The SMILES string of the molecule is COc1ccc2[nH]c3c(c2c1)CCN1C(=O)N(c2ccccc2Cl)C(=O)[C@@]31C. The predicted octanol–water partition coefficient (Wildman–Crippen LogP) is 4.07. The third-order valence-electron chi connectivity index (χ3n) is 5.86. The number of hydrogen-bond donors (Lipinski definition) is 1. The number of halogens is 1. The molecule has 28 heavy (non-hydrogen) atoms. The molecule has 6 nitrogen and oxygen atoms in total. The summed E-state index contributed by atoms with van der Waals surface area (Å²) in [6, 6.07) is 12.3. The number of H-pyrrole nitrogens is 1. The van der Waals surface area contributed by atoms with Crippen molar-refractivity contribution in [3.63, 3.8) is 0 Å². The molecule has 7 heteroatoms. The van der Waals surface area contributed by atoms with Crippen LogP contribution in [0.25, 0.3) is 10.9 Å². The predicted molar refractivity (Wildman–Crippen MR) is 107 cm³/mol. The number of aromatic amines is 1. The van der Waals surface area contributed by atoms with Crippen LogP contribution in [0.15, 0.2) is 42.5 Å². The summed E-state index contributed by atoms with van der Waals surface area (Å²) in [7, 11) is 1.63. The van der Waals surface area contributed by atoms with E-state index in [-0.39, 0.29) is 11.9 Å². The van der Waals surface area contributed by atoms with E-state index in [0.29, 0.717) is 23.7 Å². The summed E-state index contributed by atoms with van der Waals surface area (Å²) < 4.78 is 5.35. The van der Waals surface area contributed by atoms with E-state index >= 15 is 0 Å². The third kappa shape index (κ3) is 2.04. The van der Waals surface area contributed by atoms with Crippen LogP contribution in [-0.4, -0.2) is 35.5 Å². The zero-order valence-corrected chi connectivity index (χ0v) is 16.2. The first-order valence-electron chi connectivity index (χ1n) is 9.06. The van der Waals surface area contributed by atoms with Gasteiger partial charge in [0.15, 0.2) is 5.54 Å². The van der Waals surface area contributed by atoms with Gasteiger partial charge >= 0.3 is 6.03 Å². The van der Waals surface area contributed by atoms with Gasteiger partial charge in [0.05, 0.1) is 23.5 Å². The van der Waals surface area contributed by atoms with Crippen molar-refractivity contribution in [3.05, 3.63) is 58.7 Å². The van der Waals surface area contributed by atoms with E-state index < -0.39 is 5.54 Å². The lowest BCUT2D eigenvalue weighted by atomic mass is 9.87. The number of aromatic nitrogens is 1. The first kappa shape index (κ1) is 17.1. The number of anilines is 1. The Labute approximate surface area is 166 Å². The summed E-state index contributed by atoms with van der Waals surface area (Å²) >= 11 is 6.29. The second kappa shape index (κ2) is 5.75. The third-order valence-corrected chi connectivity index (χ3v) is 6.18. The largest absolute Gasteiger partial charge is 0.497 e. The van der Waals surface area contributed by atoms with E-state index in [1.54, 1.807) is 43.2 Å². The van der Waals surface area contributed by atoms with Crippen molar-refractivity contribution in [1.29, 1.82) is 0 Å². The van der Waals surface area contributed by atoms with Crippen LogP contribution in [0.2, 0.25) is 5.02 Å². The second-order valence-corrected chi connectivity index (χ2v) is 7.65. The fourth-order valence-corrected chi connectivity index (χ4v) is 4.61. The molecule has 0 bridgehead atoms. The summed E-state index contributed by atoms with van der Waals surface area (Å²) in [6.07, 6.45) is 0.660. The summed E-state index contributed by atoms with van der Waals surface area (Å²) in [6.45, 7) is 2.26. The van der Waals surface area contributed by atoms with Gasteiger partial charge in [-0.1, -0.05) is 23.7 Å². The van der Waals surface area contributed by atoms with Gasteiger partial charge in [-0.2, -0.15) is 0 Å². The molecule has 0 aliphatic carbocycles. The Hall–Kier alpha value is -2.99. The summed E-state index contributed by atoms with van der Waals surface area (Å²) in [4.78, 5) is 32.9. The van der Waals surface area contributed by atoms with Gasteiger partial charge in [0.1, 0.15) is 5.75 Å². The molecule has 2 aliphatic heterocycles. The van der Waals surface area contributed by atoms with Crippen LogP contribution in [0, 0.1) is 0 Å². The summed E-state index contributed by atoms with van der Waals surface area (Å²) in [5.41, 5.74) is 2.04. The van der Waals surface area contributed by atoms with Gasteiger partial charge in [-0.15, -0.1) is 0 Å². The number of nitrogens with zero attached hydrogens (tertiary/aromatic N) is 2. The number of carbonyl (C=O) groups excluding carboxylic acids is 2. The molecular formula is C21H18ClN3O3. The van der Waals surface area contributed by atoms with E-state index in [2.05, 4.69) is 4.98 Å². The van der Waals surface area contributed by atoms with Crippen LogP contribution in [0.4, 0.5) is 10.5 Å². The van der Waals surface area contributed by atoms with E-state index in [9.17, 15) is 9.59 Å². The van der Waals surface area contributed by atoms with Crippen LogP contribution in [0.5, 0.6) is 5.75 Å². The number of fused-ring (bicyclic) bond motifs is 5. The van der Waals surface area contributed by atoms with Gasteiger partial charge in [-0.3, -0.25) is 4.79 Å². The van der Waals surface area contributed by atoms with Gasteiger partial charge in [-0.25, -0.2) is 9.69 Å². The molecular weight excluding hydrogens is 378 g/mol. The number of urea groups is 1. The van der Waals surface area contributed by atoms with Crippen LogP contribution >= 0.6 is 11.6 Å². The number of ether oxygens (including phenoxy) is 1. The molecule has 0 spiro atoms. The van der Waals surface area contributed by atoms with Gasteiger partial charge in [0.2, 0.25) is 0 Å². The topological polar surface area (TPSA) is 65.6 Å². The molecule has 1 aromatic heterocycles. The van der Waals surface area contributed by atoms with E-state index in [4.69, 9.17) is 16.3 Å². The molecule has 3 amide bonds. The molecule has 0 radical (unpaired) electrons. The molecule has 0 unspecified atom stereocenters. The minimum atomic E-state index is -1.10. The minimum Gasteiger partial charge on any atom is -0.497 e. The van der Waals surface area contributed by atoms with Crippen molar-refractivity contribution < 1.29 is 14.3 Å². The maximum absolute atomic E-state index is 13.5. The lowest BCUT2D eigenvalue weighted by Gasteiger charge is -2.35. The van der Waals surface area contributed by atoms with Crippen LogP contribution in [-0.2, 0) is 16.8 Å². The molecule has 142 valence electrons. The summed E-state index contributed by atoms with van der Waals surface area (Å²) in [5, 5.41) is 1.39. The maximum atomic E-state index is 13.5. The van der Waals surface area contributed by atoms with Crippen molar-refractivity contribution >= 4 is 40.1 Å². The highest BCUT2D eigenvalue weighted by Gasteiger charge is 2.59. The van der Waals surface area contributed by atoms with Gasteiger partial charge in [0, 0.05) is 17.4 Å². The second-order valence-electron chi connectivity index (χ2n) is 7.24. The van der Waals surface area contributed by atoms with E-state index in [1.165, 1.54) is 4.90 Å². The number of amides is 3. The minimum absolute atomic E-state index is 0.301. The van der Waals surface area contributed by atoms with E-state index in [0.717, 1.165) is 27.9 Å². The number of carbonyl (C=O) groups is 2. The number of benzene rings is 2. The first-order chi connectivity index (χ1) is 13.5. The Morgan fingerprint density at radius 2 is 1.96 bits per heavy atom. The van der Waals surface area contributed by atoms with E-state index in [1.807, 2.05) is 18.2 Å². The van der Waals surface area contributed by atoms with Crippen LogP contribution in [0.3, 0.4) is 0 Å². The lowest BCUT2D eigenvalue weighted by molar-refractivity contribution is -0.125. The lowest BCUT2D eigenvalue weighted by Crippen LogP contribution is -2.49. The number of methoxy groups -OCH3 is 1. The average Bonchev–Trinajstić information content (AvgIpc) is 3.16. The maximum Gasteiger partial charge on any atom is 0.332 e. The Morgan fingerprint density at radius 1 is 1.18 bits per heavy atom. The van der Waals surface area contributed by atoms with Gasteiger partial charge < -0.3 is 14.6 Å². The van der Waals surface area contributed by atoms with Crippen molar-refractivity contribution in [2.45, 2.75) is 18.9 Å². The average molecular weight is 396 g/mol. The Bertz CT molecular complexity index is 1160. The molecule has 5 rings (SSSR count). The Balaban J connectivity index is 1.70. The molecule has 2 aromatic carbocycles. The molecule has 1 N–H and O–H groups in total. The van der Waals surface area contributed by atoms with Crippen LogP contribution in [0.1, 0.15) is 18.2 Å². The monoisotopic (exact) mass is 395 g/mol. The van der Waals surface area contributed by atoms with Crippen molar-refractivity contribution in [1.82, 2.24) is 9.88 Å². The smallest absolute Gasteiger partial charge is 0.332 e. The van der Waals surface area contributed by atoms with Crippen LogP contribution < -0.4 is 9.64 Å². The molecule has 3 heterocycles. The number of rotatable bonds is 2. The Kier molecular flexibility index (Phi) is 3.52. The highest BCUT2D eigenvalue weighted by Crippen LogP contribution is 2.46. The van der Waals surface area contributed by atoms with Crippen molar-refractivity contribution in [2.24, 2.45) is 0 Å². The standard InChI is InChI=1S/C21H18ClN3O3/c1-21-18-13(14-11-12(28-2)7-8-16(14)23-18)9-10-24(21)20(27)25(19(21)26)17-6-4-3-5-15(17)22/h3-8,11,23H,9-10H2,1-2H3/t21-/m1/s1. The first-order valence-corrected chi connectivity index (χ1v) is 9.44. The number of hydrogen-bond acceptors (Lipinski definition) is 3.